The van der Waals surface area contributed by atoms with Gasteiger partial charge < -0.3 is 20.1 Å². The Morgan fingerprint density at radius 2 is 1.70 bits per heavy atom. The summed E-state index contributed by atoms with van der Waals surface area (Å²) in [6, 6.07) is 15.0. The number of nitrogens with zero attached hydrogens (tertiary/aromatic N) is 1. The number of benzene rings is 3. The van der Waals surface area contributed by atoms with E-state index in [1.54, 1.807) is 20.3 Å². The second-order valence-corrected chi connectivity index (χ2v) is 9.03. The van der Waals surface area contributed by atoms with Gasteiger partial charge >= 0.3 is 0 Å². The van der Waals surface area contributed by atoms with Crippen LogP contribution in [0.5, 0.6) is 11.5 Å². The number of pyridine rings is 1. The van der Waals surface area contributed by atoms with Crippen LogP contribution in [0.15, 0.2) is 54.6 Å². The van der Waals surface area contributed by atoms with Gasteiger partial charge in [-0.25, -0.2) is 4.39 Å². The standard InChI is InChI=1S/C28H25ClFN3O3.ClH/c1-35-25-12-9-18(15-26(25)36-2)31-27-20-5-3-4-6-23(20)33-24-11-8-17(14-21(24)27)32-28(34)19-10-7-16(30)13-22(19)29;/h7-15H,3-6H2,1-2H3,(H,31,33)(H,32,34);1H. The maximum absolute atomic E-state index is 13.4. The van der Waals surface area contributed by atoms with Crippen molar-refractivity contribution in [1.82, 2.24) is 4.98 Å². The molecule has 1 aromatic heterocycles. The Labute approximate surface area is 225 Å². The maximum Gasteiger partial charge on any atom is 0.257 e. The number of aryl methyl sites for hydroxylation is 1. The summed E-state index contributed by atoms with van der Waals surface area (Å²) in [5, 5.41) is 7.39. The van der Waals surface area contributed by atoms with Crippen LogP contribution in [0, 0.1) is 5.82 Å². The van der Waals surface area contributed by atoms with Crippen LogP contribution in [-0.4, -0.2) is 25.1 Å². The SMILES string of the molecule is COc1ccc(Nc2c3c(nc4ccc(NC(=O)c5ccc(F)cc5Cl)cc24)CCCC3)cc1OC.Cl. The van der Waals surface area contributed by atoms with Crippen LogP contribution >= 0.6 is 24.0 Å². The molecule has 1 aliphatic rings. The number of fused-ring (bicyclic) bond motifs is 2. The van der Waals surface area contributed by atoms with Crippen molar-refractivity contribution in [2.75, 3.05) is 24.9 Å². The van der Waals surface area contributed by atoms with E-state index in [0.717, 1.165) is 59.7 Å². The summed E-state index contributed by atoms with van der Waals surface area (Å²) in [4.78, 5) is 17.8. The summed E-state index contributed by atoms with van der Waals surface area (Å²) in [7, 11) is 3.21. The molecule has 0 radical (unpaired) electrons. The molecule has 0 atom stereocenters. The molecule has 0 spiro atoms. The average Bonchev–Trinajstić information content (AvgIpc) is 2.88. The number of hydrogen-bond donors (Lipinski definition) is 2. The lowest BCUT2D eigenvalue weighted by Gasteiger charge is -2.22. The van der Waals surface area contributed by atoms with Crippen molar-refractivity contribution in [1.29, 1.82) is 0 Å². The minimum Gasteiger partial charge on any atom is -0.493 e. The summed E-state index contributed by atoms with van der Waals surface area (Å²) in [6.07, 6.45) is 4.03. The first kappa shape index (κ1) is 26.5. The fourth-order valence-electron chi connectivity index (χ4n) is 4.57. The Hall–Kier alpha value is -3.55. The van der Waals surface area contributed by atoms with Gasteiger partial charge in [0.1, 0.15) is 5.82 Å². The zero-order valence-corrected chi connectivity index (χ0v) is 21.9. The Morgan fingerprint density at radius 3 is 2.46 bits per heavy atom. The van der Waals surface area contributed by atoms with Crippen molar-refractivity contribution in [3.8, 4) is 11.5 Å². The van der Waals surface area contributed by atoms with Crippen LogP contribution in [-0.2, 0) is 12.8 Å². The van der Waals surface area contributed by atoms with Crippen LogP contribution < -0.4 is 20.1 Å². The number of ether oxygens (including phenoxy) is 2. The van der Waals surface area contributed by atoms with E-state index in [0.29, 0.717) is 17.2 Å². The Balaban J connectivity index is 0.00000320. The Kier molecular flexibility index (Phi) is 8.05. The number of aromatic nitrogens is 1. The number of carbonyl (C=O) groups is 1. The van der Waals surface area contributed by atoms with Gasteiger partial charge in [0.2, 0.25) is 0 Å². The molecule has 2 N–H and O–H groups in total. The average molecular weight is 542 g/mol. The van der Waals surface area contributed by atoms with E-state index in [9.17, 15) is 9.18 Å². The van der Waals surface area contributed by atoms with Crippen molar-refractivity contribution >= 4 is 57.9 Å². The first-order chi connectivity index (χ1) is 17.5. The third-order valence-corrected chi connectivity index (χ3v) is 6.66. The number of hydrogen-bond acceptors (Lipinski definition) is 5. The maximum atomic E-state index is 13.4. The lowest BCUT2D eigenvalue weighted by molar-refractivity contribution is 0.102. The topological polar surface area (TPSA) is 72.5 Å². The summed E-state index contributed by atoms with van der Waals surface area (Å²) in [5.41, 5.74) is 5.68. The highest BCUT2D eigenvalue weighted by Gasteiger charge is 2.20. The normalized spacial score (nSPS) is 12.3. The molecule has 1 heterocycles. The van der Waals surface area contributed by atoms with E-state index in [4.69, 9.17) is 26.1 Å². The fourth-order valence-corrected chi connectivity index (χ4v) is 4.83. The van der Waals surface area contributed by atoms with Crippen molar-refractivity contribution in [2.24, 2.45) is 0 Å². The Bertz CT molecular complexity index is 1480. The number of nitrogens with one attached hydrogen (secondary N) is 2. The van der Waals surface area contributed by atoms with Gasteiger partial charge in [-0.1, -0.05) is 11.6 Å². The molecule has 3 aromatic carbocycles. The first-order valence-electron chi connectivity index (χ1n) is 11.7. The van der Waals surface area contributed by atoms with Gasteiger partial charge in [0, 0.05) is 28.5 Å². The van der Waals surface area contributed by atoms with Crippen LogP contribution in [0.3, 0.4) is 0 Å². The van der Waals surface area contributed by atoms with Crippen molar-refractivity contribution in [2.45, 2.75) is 25.7 Å². The second-order valence-electron chi connectivity index (χ2n) is 8.62. The molecular formula is C28H26Cl2FN3O3. The molecule has 0 saturated heterocycles. The molecule has 0 unspecified atom stereocenters. The minimum atomic E-state index is -0.496. The molecule has 5 rings (SSSR count). The molecule has 0 bridgehead atoms. The summed E-state index contributed by atoms with van der Waals surface area (Å²) < 4.78 is 24.3. The summed E-state index contributed by atoms with van der Waals surface area (Å²) in [5.74, 6) is 0.358. The van der Waals surface area contributed by atoms with Gasteiger partial charge in [-0.3, -0.25) is 9.78 Å². The summed E-state index contributed by atoms with van der Waals surface area (Å²) in [6.45, 7) is 0. The number of methoxy groups -OCH3 is 2. The van der Waals surface area contributed by atoms with Crippen molar-refractivity contribution < 1.29 is 18.7 Å². The van der Waals surface area contributed by atoms with E-state index >= 15 is 0 Å². The molecule has 9 heteroatoms. The van der Waals surface area contributed by atoms with Gasteiger partial charge in [-0.2, -0.15) is 0 Å². The number of carbonyl (C=O) groups excluding carboxylic acids is 1. The number of anilines is 3. The molecule has 6 nitrogen and oxygen atoms in total. The quantitative estimate of drug-likeness (QED) is 0.267. The zero-order valence-electron chi connectivity index (χ0n) is 20.4. The monoisotopic (exact) mass is 541 g/mol. The van der Waals surface area contributed by atoms with E-state index in [-0.39, 0.29) is 23.0 Å². The van der Waals surface area contributed by atoms with Crippen LogP contribution in [0.25, 0.3) is 10.9 Å². The second kappa shape index (κ2) is 11.2. The third-order valence-electron chi connectivity index (χ3n) is 6.35. The van der Waals surface area contributed by atoms with Crippen LogP contribution in [0.1, 0.15) is 34.5 Å². The van der Waals surface area contributed by atoms with E-state index in [2.05, 4.69) is 10.6 Å². The molecule has 1 amide bonds. The molecule has 0 fully saturated rings. The molecule has 0 aliphatic heterocycles. The third kappa shape index (κ3) is 5.43. The largest absolute Gasteiger partial charge is 0.493 e. The highest BCUT2D eigenvalue weighted by molar-refractivity contribution is 6.34. The fraction of sp³-hybridized carbons (Fsp3) is 0.214. The van der Waals surface area contributed by atoms with Crippen molar-refractivity contribution in [3.63, 3.8) is 0 Å². The highest BCUT2D eigenvalue weighted by Crippen LogP contribution is 2.38. The van der Waals surface area contributed by atoms with Gasteiger partial charge in [0.25, 0.3) is 5.91 Å². The lowest BCUT2D eigenvalue weighted by Crippen LogP contribution is -2.13. The molecular weight excluding hydrogens is 516 g/mol. The first-order valence-corrected chi connectivity index (χ1v) is 12.1. The van der Waals surface area contributed by atoms with E-state index in [1.807, 2.05) is 30.3 Å². The zero-order chi connectivity index (χ0) is 25.2. The molecule has 0 saturated carbocycles. The highest BCUT2D eigenvalue weighted by atomic mass is 35.5. The number of rotatable bonds is 6. The van der Waals surface area contributed by atoms with Gasteiger partial charge in [0.15, 0.2) is 11.5 Å². The van der Waals surface area contributed by atoms with Crippen LogP contribution in [0.4, 0.5) is 21.5 Å². The minimum absolute atomic E-state index is 0. The number of halogens is 3. The Morgan fingerprint density at radius 1 is 0.946 bits per heavy atom. The number of amides is 1. The molecule has 37 heavy (non-hydrogen) atoms. The van der Waals surface area contributed by atoms with E-state index in [1.165, 1.54) is 17.7 Å². The van der Waals surface area contributed by atoms with Gasteiger partial charge in [0.05, 0.1) is 36.0 Å². The predicted molar refractivity (Wildman–Crippen MR) is 148 cm³/mol. The van der Waals surface area contributed by atoms with Crippen molar-refractivity contribution in [3.05, 3.63) is 82.3 Å². The van der Waals surface area contributed by atoms with Gasteiger partial charge in [-0.15, -0.1) is 12.4 Å². The molecule has 4 aromatic rings. The summed E-state index contributed by atoms with van der Waals surface area (Å²) >= 11 is 6.09. The lowest BCUT2D eigenvalue weighted by atomic mass is 9.92. The molecule has 1 aliphatic carbocycles. The van der Waals surface area contributed by atoms with E-state index < -0.39 is 11.7 Å². The molecule has 192 valence electrons. The van der Waals surface area contributed by atoms with Crippen LogP contribution in [0.2, 0.25) is 5.02 Å². The predicted octanol–water partition coefficient (Wildman–Crippen LogP) is 7.34. The van der Waals surface area contributed by atoms with Gasteiger partial charge in [-0.05, 0) is 79.8 Å². The smallest absolute Gasteiger partial charge is 0.257 e.